The molecule has 0 bridgehead atoms. The molecule has 2 aliphatic heterocycles. The fraction of sp³-hybridized carbons (Fsp3) is 0.588. The zero-order valence-corrected chi connectivity index (χ0v) is 13.0. The van der Waals surface area contributed by atoms with Gasteiger partial charge in [0.1, 0.15) is 6.04 Å². The standard InChI is InChI=1S/C17H25N3O/c1-3-18-16-14-7-6-13(11-15(14)19-17(16)21)20-9-4-5-12(2)8-10-20/h6-7,11-12,16,18H,3-5,8-10H2,1-2H3,(H,19,21). The van der Waals surface area contributed by atoms with E-state index < -0.39 is 0 Å². The van der Waals surface area contributed by atoms with Crippen molar-refractivity contribution < 1.29 is 4.79 Å². The molecule has 1 aromatic rings. The SMILES string of the molecule is CCNC1C(=O)Nc2cc(N3CCCC(C)CC3)ccc21. The number of amides is 1. The number of fused-ring (bicyclic) bond motifs is 1. The van der Waals surface area contributed by atoms with Gasteiger partial charge in [-0.15, -0.1) is 0 Å². The molecule has 1 saturated heterocycles. The van der Waals surface area contributed by atoms with Gasteiger partial charge in [-0.2, -0.15) is 0 Å². The van der Waals surface area contributed by atoms with Crippen molar-refractivity contribution in [3.63, 3.8) is 0 Å². The summed E-state index contributed by atoms with van der Waals surface area (Å²) in [5, 5.41) is 6.25. The summed E-state index contributed by atoms with van der Waals surface area (Å²) >= 11 is 0. The Morgan fingerprint density at radius 1 is 1.33 bits per heavy atom. The van der Waals surface area contributed by atoms with Crippen LogP contribution < -0.4 is 15.5 Å². The van der Waals surface area contributed by atoms with E-state index in [1.54, 1.807) is 0 Å². The predicted octanol–water partition coefficient (Wildman–Crippen LogP) is 2.92. The van der Waals surface area contributed by atoms with E-state index in [4.69, 9.17) is 0 Å². The Balaban J connectivity index is 1.81. The van der Waals surface area contributed by atoms with Gasteiger partial charge in [0.25, 0.3) is 0 Å². The van der Waals surface area contributed by atoms with Crippen molar-refractivity contribution in [3.8, 4) is 0 Å². The summed E-state index contributed by atoms with van der Waals surface area (Å²) in [5.74, 6) is 0.885. The molecule has 0 radical (unpaired) electrons. The summed E-state index contributed by atoms with van der Waals surface area (Å²) in [7, 11) is 0. The number of likely N-dealkylation sites (N-methyl/N-ethyl adjacent to an activating group) is 1. The van der Waals surface area contributed by atoms with E-state index >= 15 is 0 Å². The minimum atomic E-state index is -0.191. The van der Waals surface area contributed by atoms with Crippen LogP contribution in [0.1, 0.15) is 44.7 Å². The topological polar surface area (TPSA) is 44.4 Å². The first-order chi connectivity index (χ1) is 10.2. The Bertz CT molecular complexity index is 529. The van der Waals surface area contributed by atoms with Gasteiger partial charge in [0, 0.05) is 30.0 Å². The summed E-state index contributed by atoms with van der Waals surface area (Å²) in [6.45, 7) is 7.40. The molecule has 0 saturated carbocycles. The molecule has 2 N–H and O–H groups in total. The summed E-state index contributed by atoms with van der Waals surface area (Å²) < 4.78 is 0. The second-order valence-corrected chi connectivity index (χ2v) is 6.27. The number of nitrogens with zero attached hydrogens (tertiary/aromatic N) is 1. The van der Waals surface area contributed by atoms with Gasteiger partial charge in [-0.25, -0.2) is 0 Å². The second-order valence-electron chi connectivity index (χ2n) is 6.27. The van der Waals surface area contributed by atoms with E-state index in [1.807, 2.05) is 6.92 Å². The Kier molecular flexibility index (Phi) is 4.15. The summed E-state index contributed by atoms with van der Waals surface area (Å²) in [6.07, 6.45) is 3.83. The Labute approximate surface area is 126 Å². The van der Waals surface area contributed by atoms with Crippen molar-refractivity contribution >= 4 is 17.3 Å². The van der Waals surface area contributed by atoms with Crippen molar-refractivity contribution in [2.24, 2.45) is 5.92 Å². The highest BCUT2D eigenvalue weighted by molar-refractivity contribution is 6.03. The van der Waals surface area contributed by atoms with Crippen LogP contribution in [-0.2, 0) is 4.79 Å². The van der Waals surface area contributed by atoms with Crippen molar-refractivity contribution in [2.45, 2.75) is 39.2 Å². The zero-order chi connectivity index (χ0) is 14.8. The van der Waals surface area contributed by atoms with E-state index in [2.05, 4.69) is 40.7 Å². The van der Waals surface area contributed by atoms with Gasteiger partial charge in [0.05, 0.1) is 0 Å². The third-order valence-electron chi connectivity index (χ3n) is 4.66. The molecule has 2 aliphatic rings. The lowest BCUT2D eigenvalue weighted by Crippen LogP contribution is -2.27. The van der Waals surface area contributed by atoms with Crippen molar-refractivity contribution in [3.05, 3.63) is 23.8 Å². The van der Waals surface area contributed by atoms with Crippen LogP contribution in [0, 0.1) is 5.92 Å². The average molecular weight is 287 g/mol. The van der Waals surface area contributed by atoms with E-state index in [0.717, 1.165) is 36.8 Å². The minimum Gasteiger partial charge on any atom is -0.371 e. The van der Waals surface area contributed by atoms with Crippen molar-refractivity contribution in [2.75, 3.05) is 29.9 Å². The average Bonchev–Trinajstić information content (AvgIpc) is 2.64. The molecule has 2 heterocycles. The van der Waals surface area contributed by atoms with Crippen molar-refractivity contribution in [1.82, 2.24) is 5.32 Å². The normalized spacial score (nSPS) is 25.4. The Morgan fingerprint density at radius 2 is 2.19 bits per heavy atom. The van der Waals surface area contributed by atoms with Gasteiger partial charge in [0.15, 0.2) is 0 Å². The molecule has 1 amide bonds. The fourth-order valence-corrected chi connectivity index (χ4v) is 3.38. The molecule has 2 atom stereocenters. The summed E-state index contributed by atoms with van der Waals surface area (Å²) in [6, 6.07) is 6.22. The number of hydrogen-bond donors (Lipinski definition) is 2. The summed E-state index contributed by atoms with van der Waals surface area (Å²) in [5.41, 5.74) is 3.29. The largest absolute Gasteiger partial charge is 0.371 e. The number of hydrogen-bond acceptors (Lipinski definition) is 3. The van der Waals surface area contributed by atoms with Crippen LogP contribution in [0.25, 0.3) is 0 Å². The highest BCUT2D eigenvalue weighted by Gasteiger charge is 2.30. The van der Waals surface area contributed by atoms with Crippen LogP contribution in [0.15, 0.2) is 18.2 Å². The zero-order valence-electron chi connectivity index (χ0n) is 13.0. The quantitative estimate of drug-likeness (QED) is 0.898. The first kappa shape index (κ1) is 14.4. The Morgan fingerprint density at radius 3 is 3.00 bits per heavy atom. The minimum absolute atomic E-state index is 0.0634. The summed E-state index contributed by atoms with van der Waals surface area (Å²) in [4.78, 5) is 14.5. The molecular weight excluding hydrogens is 262 g/mol. The van der Waals surface area contributed by atoms with Crippen LogP contribution in [-0.4, -0.2) is 25.5 Å². The maximum Gasteiger partial charge on any atom is 0.246 e. The molecule has 4 nitrogen and oxygen atoms in total. The first-order valence-corrected chi connectivity index (χ1v) is 8.12. The van der Waals surface area contributed by atoms with Crippen LogP contribution in [0.4, 0.5) is 11.4 Å². The molecule has 3 rings (SSSR count). The van der Waals surface area contributed by atoms with Crippen LogP contribution >= 0.6 is 0 Å². The molecular formula is C17H25N3O. The number of rotatable bonds is 3. The molecule has 2 unspecified atom stereocenters. The highest BCUT2D eigenvalue weighted by atomic mass is 16.2. The number of carbonyl (C=O) groups is 1. The number of carbonyl (C=O) groups excluding carboxylic acids is 1. The molecule has 114 valence electrons. The smallest absolute Gasteiger partial charge is 0.246 e. The first-order valence-electron chi connectivity index (χ1n) is 8.12. The van der Waals surface area contributed by atoms with Crippen molar-refractivity contribution in [1.29, 1.82) is 0 Å². The third kappa shape index (κ3) is 2.91. The molecule has 1 aromatic carbocycles. The van der Waals surface area contributed by atoms with Gasteiger partial charge >= 0.3 is 0 Å². The number of nitrogens with one attached hydrogen (secondary N) is 2. The maximum absolute atomic E-state index is 12.0. The van der Waals surface area contributed by atoms with E-state index in [1.165, 1.54) is 24.9 Å². The number of anilines is 2. The monoisotopic (exact) mass is 287 g/mol. The molecule has 21 heavy (non-hydrogen) atoms. The maximum atomic E-state index is 12.0. The molecule has 0 spiro atoms. The molecule has 4 heteroatoms. The fourth-order valence-electron chi connectivity index (χ4n) is 3.38. The van der Waals surface area contributed by atoms with Crippen LogP contribution in [0.5, 0.6) is 0 Å². The number of benzene rings is 1. The van der Waals surface area contributed by atoms with Gasteiger partial charge in [-0.1, -0.05) is 19.9 Å². The second kappa shape index (κ2) is 6.06. The third-order valence-corrected chi connectivity index (χ3v) is 4.66. The van der Waals surface area contributed by atoms with Crippen LogP contribution in [0.3, 0.4) is 0 Å². The van der Waals surface area contributed by atoms with Gasteiger partial charge < -0.3 is 15.5 Å². The molecule has 1 fully saturated rings. The molecule has 0 aromatic heterocycles. The molecule has 0 aliphatic carbocycles. The Hall–Kier alpha value is -1.55. The van der Waals surface area contributed by atoms with E-state index in [0.29, 0.717) is 0 Å². The predicted molar refractivity (Wildman–Crippen MR) is 86.7 cm³/mol. The van der Waals surface area contributed by atoms with Gasteiger partial charge in [-0.05, 0) is 43.9 Å². The lowest BCUT2D eigenvalue weighted by atomic mass is 10.0. The van der Waals surface area contributed by atoms with Gasteiger partial charge in [0.2, 0.25) is 5.91 Å². The van der Waals surface area contributed by atoms with E-state index in [9.17, 15) is 4.79 Å². The lowest BCUT2D eigenvalue weighted by molar-refractivity contribution is -0.117. The van der Waals surface area contributed by atoms with Gasteiger partial charge in [-0.3, -0.25) is 4.79 Å². The van der Waals surface area contributed by atoms with E-state index in [-0.39, 0.29) is 11.9 Å². The van der Waals surface area contributed by atoms with Crippen LogP contribution in [0.2, 0.25) is 0 Å². The highest BCUT2D eigenvalue weighted by Crippen LogP contribution is 2.34. The lowest BCUT2D eigenvalue weighted by Gasteiger charge is -2.23.